The van der Waals surface area contributed by atoms with Crippen LogP contribution >= 0.6 is 0 Å². The van der Waals surface area contributed by atoms with E-state index in [0.29, 0.717) is 0 Å². The van der Waals surface area contributed by atoms with Gasteiger partial charge in [0.15, 0.2) is 0 Å². The lowest BCUT2D eigenvalue weighted by Gasteiger charge is -2.26. The number of allylic oxidation sites excluding steroid dienone is 3. The molecule has 3 heteroatoms. The van der Waals surface area contributed by atoms with Crippen LogP contribution in [0.2, 0.25) is 0 Å². The molecule has 20 heavy (non-hydrogen) atoms. The van der Waals surface area contributed by atoms with E-state index in [9.17, 15) is 0 Å². The first-order valence-corrected chi connectivity index (χ1v) is 7.16. The largest absolute Gasteiger partial charge is 0.371 e. The van der Waals surface area contributed by atoms with E-state index in [0.717, 1.165) is 31.6 Å². The molecule has 4 rings (SSSR count). The molecular weight excluding hydrogens is 246 g/mol. The molecule has 0 N–H and O–H groups in total. The summed E-state index contributed by atoms with van der Waals surface area (Å²) in [6.07, 6.45) is 10.8. The third kappa shape index (κ3) is 1.95. The van der Waals surface area contributed by atoms with E-state index >= 15 is 0 Å². The molecule has 0 fully saturated rings. The maximum atomic E-state index is 4.77. The topological polar surface area (TPSA) is 21.1 Å². The number of hydrogen-bond acceptors (Lipinski definition) is 2. The molecule has 2 aliphatic rings. The van der Waals surface area contributed by atoms with Gasteiger partial charge in [0.05, 0.1) is 11.4 Å². The van der Waals surface area contributed by atoms with Crippen molar-refractivity contribution in [1.29, 1.82) is 0 Å². The number of para-hydroxylation sites is 1. The zero-order valence-electron chi connectivity index (χ0n) is 11.4. The van der Waals surface area contributed by atoms with Crippen LogP contribution in [0.5, 0.6) is 0 Å². The first-order valence-electron chi connectivity index (χ1n) is 7.16. The zero-order chi connectivity index (χ0) is 13.4. The molecular formula is C17H17N3. The van der Waals surface area contributed by atoms with E-state index in [1.54, 1.807) is 0 Å². The highest BCUT2D eigenvalue weighted by atomic mass is 15.3. The molecule has 100 valence electrons. The van der Waals surface area contributed by atoms with E-state index < -0.39 is 0 Å². The second-order valence-corrected chi connectivity index (χ2v) is 5.32. The lowest BCUT2D eigenvalue weighted by molar-refractivity contribution is 0.368. The van der Waals surface area contributed by atoms with Gasteiger partial charge in [-0.25, -0.2) is 4.68 Å². The SMILES string of the molecule is C1=CC(N2CCc3cn(-c4ccccc4)nc3CC2)=C1. The smallest absolute Gasteiger partial charge is 0.0679 e. The minimum Gasteiger partial charge on any atom is -0.371 e. The number of rotatable bonds is 2. The molecule has 0 atom stereocenters. The molecule has 0 bridgehead atoms. The summed E-state index contributed by atoms with van der Waals surface area (Å²) in [5, 5.41) is 4.77. The van der Waals surface area contributed by atoms with Crippen molar-refractivity contribution in [1.82, 2.24) is 14.7 Å². The van der Waals surface area contributed by atoms with Crippen LogP contribution in [0.15, 0.2) is 60.5 Å². The van der Waals surface area contributed by atoms with Gasteiger partial charge in [-0.3, -0.25) is 0 Å². The molecule has 0 saturated carbocycles. The van der Waals surface area contributed by atoms with Crippen LogP contribution in [0, 0.1) is 0 Å². The molecule has 0 unspecified atom stereocenters. The molecule has 1 aliphatic heterocycles. The van der Waals surface area contributed by atoms with Crippen molar-refractivity contribution in [2.24, 2.45) is 0 Å². The number of hydrogen-bond donors (Lipinski definition) is 0. The van der Waals surface area contributed by atoms with Gasteiger partial charge >= 0.3 is 0 Å². The lowest BCUT2D eigenvalue weighted by atomic mass is 10.1. The predicted molar refractivity (Wildman–Crippen MR) is 79.8 cm³/mol. The van der Waals surface area contributed by atoms with Crippen molar-refractivity contribution < 1.29 is 0 Å². The zero-order valence-corrected chi connectivity index (χ0v) is 11.4. The number of nitrogens with zero attached hydrogens (tertiary/aromatic N) is 3. The Kier molecular flexibility index (Phi) is 2.69. The molecule has 0 spiro atoms. The molecule has 1 aromatic carbocycles. The quantitative estimate of drug-likeness (QED) is 0.830. The Bertz CT molecular complexity index is 654. The minimum atomic E-state index is 1.03. The highest BCUT2D eigenvalue weighted by Crippen LogP contribution is 2.21. The Hall–Kier alpha value is -2.29. The summed E-state index contributed by atoms with van der Waals surface area (Å²) in [7, 11) is 0. The van der Waals surface area contributed by atoms with Crippen molar-refractivity contribution in [3.8, 4) is 5.69 Å². The molecule has 2 heterocycles. The van der Waals surface area contributed by atoms with Gasteiger partial charge in [-0.2, -0.15) is 5.10 Å². The van der Waals surface area contributed by atoms with E-state index in [1.165, 1.54) is 17.0 Å². The van der Waals surface area contributed by atoms with Crippen LogP contribution < -0.4 is 0 Å². The second kappa shape index (κ2) is 4.67. The molecule has 0 amide bonds. The normalized spacial score (nSPS) is 17.2. The Morgan fingerprint density at radius 1 is 1.00 bits per heavy atom. The summed E-state index contributed by atoms with van der Waals surface area (Å²) in [5.74, 6) is 0. The summed E-state index contributed by atoms with van der Waals surface area (Å²) >= 11 is 0. The van der Waals surface area contributed by atoms with Crippen LogP contribution in [0.25, 0.3) is 5.69 Å². The Morgan fingerprint density at radius 3 is 2.55 bits per heavy atom. The Labute approximate surface area is 118 Å². The van der Waals surface area contributed by atoms with E-state index in [2.05, 4.69) is 53.6 Å². The van der Waals surface area contributed by atoms with Gasteiger partial charge in [-0.15, -0.1) is 0 Å². The van der Waals surface area contributed by atoms with Gasteiger partial charge in [0, 0.05) is 31.4 Å². The molecule has 0 radical (unpaired) electrons. The molecule has 2 aromatic rings. The van der Waals surface area contributed by atoms with Gasteiger partial charge in [0.2, 0.25) is 0 Å². The van der Waals surface area contributed by atoms with Crippen LogP contribution in [-0.2, 0) is 12.8 Å². The van der Waals surface area contributed by atoms with E-state index in [4.69, 9.17) is 5.10 Å². The van der Waals surface area contributed by atoms with Gasteiger partial charge < -0.3 is 4.90 Å². The van der Waals surface area contributed by atoms with Crippen molar-refractivity contribution in [2.45, 2.75) is 12.8 Å². The third-order valence-corrected chi connectivity index (χ3v) is 4.07. The van der Waals surface area contributed by atoms with Crippen molar-refractivity contribution in [2.75, 3.05) is 13.1 Å². The average Bonchev–Trinajstić information content (AvgIpc) is 2.75. The Balaban J connectivity index is 1.57. The highest BCUT2D eigenvalue weighted by molar-refractivity contribution is 5.36. The van der Waals surface area contributed by atoms with Crippen LogP contribution in [0.4, 0.5) is 0 Å². The lowest BCUT2D eigenvalue weighted by Crippen LogP contribution is -2.26. The van der Waals surface area contributed by atoms with E-state index in [-0.39, 0.29) is 0 Å². The second-order valence-electron chi connectivity index (χ2n) is 5.32. The first kappa shape index (κ1) is 11.5. The third-order valence-electron chi connectivity index (χ3n) is 4.07. The summed E-state index contributed by atoms with van der Waals surface area (Å²) in [6.45, 7) is 2.15. The predicted octanol–water partition coefficient (Wildman–Crippen LogP) is 2.73. The van der Waals surface area contributed by atoms with Crippen molar-refractivity contribution >= 4 is 0 Å². The number of fused-ring (bicyclic) bond motifs is 1. The summed E-state index contributed by atoms with van der Waals surface area (Å²) in [4.78, 5) is 2.45. The molecule has 0 saturated heterocycles. The highest BCUT2D eigenvalue weighted by Gasteiger charge is 2.19. The van der Waals surface area contributed by atoms with Crippen LogP contribution in [0.3, 0.4) is 0 Å². The number of benzene rings is 1. The summed E-state index contributed by atoms with van der Waals surface area (Å²) in [5.41, 5.74) is 5.15. The van der Waals surface area contributed by atoms with Crippen LogP contribution in [-0.4, -0.2) is 27.8 Å². The fourth-order valence-corrected chi connectivity index (χ4v) is 2.84. The molecule has 3 nitrogen and oxygen atoms in total. The maximum absolute atomic E-state index is 4.77. The van der Waals surface area contributed by atoms with Crippen LogP contribution in [0.1, 0.15) is 11.3 Å². The fraction of sp³-hybridized carbons (Fsp3) is 0.235. The molecule has 1 aromatic heterocycles. The first-order chi connectivity index (χ1) is 9.90. The maximum Gasteiger partial charge on any atom is 0.0679 e. The monoisotopic (exact) mass is 263 g/mol. The van der Waals surface area contributed by atoms with Crippen molar-refractivity contribution in [3.05, 3.63) is 71.7 Å². The minimum absolute atomic E-state index is 1.03. The van der Waals surface area contributed by atoms with Crippen molar-refractivity contribution in [3.63, 3.8) is 0 Å². The van der Waals surface area contributed by atoms with Gasteiger partial charge in [0.25, 0.3) is 0 Å². The van der Waals surface area contributed by atoms with E-state index in [1.807, 2.05) is 10.7 Å². The Morgan fingerprint density at radius 2 is 1.80 bits per heavy atom. The van der Waals surface area contributed by atoms with Gasteiger partial charge in [0.1, 0.15) is 0 Å². The molecule has 1 aliphatic carbocycles. The van der Waals surface area contributed by atoms with Gasteiger partial charge in [-0.05, 0) is 36.3 Å². The number of aromatic nitrogens is 2. The van der Waals surface area contributed by atoms with Gasteiger partial charge in [-0.1, -0.05) is 24.3 Å². The standard InChI is InChI=1S/C17H17N3/c1-2-5-16(6-3-1)20-13-14-9-11-19(15-7-4-8-15)12-10-17(14)18-20/h1-8,13H,9-12H2. The fourth-order valence-electron chi connectivity index (χ4n) is 2.84. The average molecular weight is 263 g/mol. The summed E-state index contributed by atoms with van der Waals surface area (Å²) < 4.78 is 2.02. The summed E-state index contributed by atoms with van der Waals surface area (Å²) in [6, 6.07) is 10.3.